The smallest absolute Gasteiger partial charge is 0.318 e. The molecule has 2 N–H and O–H groups in total. The largest absolute Gasteiger partial charge is 0.490 e. The van der Waals surface area contributed by atoms with E-state index in [1.165, 1.54) is 18.4 Å². The molecule has 0 aliphatic heterocycles. The Hall–Kier alpha value is -2.17. The monoisotopic (exact) mass is 332 g/mol. The van der Waals surface area contributed by atoms with Crippen LogP contribution >= 0.6 is 0 Å². The molecule has 0 atom stereocenters. The summed E-state index contributed by atoms with van der Waals surface area (Å²) in [4.78, 5) is 11.8. The molecule has 1 saturated carbocycles. The summed E-state index contributed by atoms with van der Waals surface area (Å²) in [5.41, 5.74) is 2.35. The number of hydrogen-bond acceptors (Lipinski definition) is 3. The van der Waals surface area contributed by atoms with Gasteiger partial charge in [0.2, 0.25) is 0 Å². The van der Waals surface area contributed by atoms with Crippen LogP contribution in [0.2, 0.25) is 0 Å². The van der Waals surface area contributed by atoms with Gasteiger partial charge in [-0.3, -0.25) is 0 Å². The number of urea groups is 1. The molecule has 0 bridgehead atoms. The van der Waals surface area contributed by atoms with Crippen molar-refractivity contribution in [3.8, 4) is 11.5 Å². The Morgan fingerprint density at radius 2 is 1.92 bits per heavy atom. The normalized spacial score (nSPS) is 14.2. The molecule has 0 aromatic heterocycles. The first-order chi connectivity index (χ1) is 11.6. The van der Waals surface area contributed by atoms with Gasteiger partial charge in [-0.05, 0) is 63.6 Å². The Kier molecular flexibility index (Phi) is 6.97. The van der Waals surface area contributed by atoms with E-state index in [9.17, 15) is 4.79 Å². The Morgan fingerprint density at radius 3 is 2.58 bits per heavy atom. The van der Waals surface area contributed by atoms with Gasteiger partial charge in [0, 0.05) is 12.7 Å². The van der Waals surface area contributed by atoms with Crippen molar-refractivity contribution in [1.29, 1.82) is 0 Å². The van der Waals surface area contributed by atoms with E-state index in [2.05, 4.69) is 17.6 Å². The summed E-state index contributed by atoms with van der Waals surface area (Å²) in [6, 6.07) is 5.74. The predicted octanol–water partition coefficient (Wildman–Crippen LogP) is 3.64. The summed E-state index contributed by atoms with van der Waals surface area (Å²) in [5.74, 6) is 2.19. The fourth-order valence-electron chi connectivity index (χ4n) is 2.46. The van der Waals surface area contributed by atoms with Gasteiger partial charge < -0.3 is 20.1 Å². The Balaban J connectivity index is 1.79. The molecule has 0 heterocycles. The molecular formula is C19H28N2O3. The summed E-state index contributed by atoms with van der Waals surface area (Å²) in [6.07, 6.45) is 5.04. The van der Waals surface area contributed by atoms with E-state index in [4.69, 9.17) is 9.47 Å². The molecule has 1 aliphatic carbocycles. The van der Waals surface area contributed by atoms with E-state index >= 15 is 0 Å². The van der Waals surface area contributed by atoms with Crippen molar-refractivity contribution in [2.75, 3.05) is 19.8 Å². The van der Waals surface area contributed by atoms with Crippen molar-refractivity contribution >= 4 is 6.03 Å². The van der Waals surface area contributed by atoms with E-state index in [1.54, 1.807) is 0 Å². The van der Waals surface area contributed by atoms with Gasteiger partial charge in [0.25, 0.3) is 0 Å². The lowest BCUT2D eigenvalue weighted by Gasteiger charge is -2.12. The van der Waals surface area contributed by atoms with E-state index in [1.807, 2.05) is 38.2 Å². The molecule has 1 aromatic rings. The number of amides is 2. The van der Waals surface area contributed by atoms with Crippen molar-refractivity contribution in [1.82, 2.24) is 10.6 Å². The summed E-state index contributed by atoms with van der Waals surface area (Å²) in [5, 5.41) is 5.66. The fourth-order valence-corrected chi connectivity index (χ4v) is 2.46. The zero-order valence-corrected chi connectivity index (χ0v) is 14.9. The van der Waals surface area contributed by atoms with E-state index in [0.29, 0.717) is 25.7 Å². The number of ether oxygens (including phenoxy) is 2. The molecule has 1 fully saturated rings. The lowest BCUT2D eigenvalue weighted by atomic mass is 10.1. The summed E-state index contributed by atoms with van der Waals surface area (Å²) < 4.78 is 11.2. The molecule has 2 amide bonds. The van der Waals surface area contributed by atoms with Gasteiger partial charge >= 0.3 is 6.03 Å². The van der Waals surface area contributed by atoms with Gasteiger partial charge in [0.05, 0.1) is 13.2 Å². The Bertz CT molecular complexity index is 580. The maximum Gasteiger partial charge on any atom is 0.318 e. The van der Waals surface area contributed by atoms with Crippen molar-refractivity contribution in [3.05, 3.63) is 35.5 Å². The van der Waals surface area contributed by atoms with Crippen LogP contribution in [-0.4, -0.2) is 25.8 Å². The van der Waals surface area contributed by atoms with Crippen LogP contribution < -0.4 is 20.1 Å². The quantitative estimate of drug-likeness (QED) is 0.726. The van der Waals surface area contributed by atoms with Crippen LogP contribution in [0.5, 0.6) is 11.5 Å². The zero-order valence-electron chi connectivity index (χ0n) is 14.9. The fraction of sp³-hybridized carbons (Fsp3) is 0.526. The van der Waals surface area contributed by atoms with Crippen LogP contribution in [0.25, 0.3) is 0 Å². The minimum atomic E-state index is -0.161. The SMILES string of the molecule is CCOc1ccc(CCNC(=O)N/C=C(\C)C2CC2)cc1OCC. The molecule has 0 unspecified atom stereocenters. The average molecular weight is 332 g/mol. The molecule has 2 rings (SSSR count). The second kappa shape index (κ2) is 9.21. The molecular weight excluding hydrogens is 304 g/mol. The Labute approximate surface area is 144 Å². The van der Waals surface area contributed by atoms with Crippen molar-refractivity contribution in [2.45, 2.75) is 40.0 Å². The highest BCUT2D eigenvalue weighted by Gasteiger charge is 2.22. The first-order valence-corrected chi connectivity index (χ1v) is 8.73. The lowest BCUT2D eigenvalue weighted by molar-refractivity contribution is 0.244. The summed E-state index contributed by atoms with van der Waals surface area (Å²) in [6.45, 7) is 7.73. The van der Waals surface area contributed by atoms with Gasteiger partial charge in [0.1, 0.15) is 0 Å². The van der Waals surface area contributed by atoms with Crippen LogP contribution in [0.15, 0.2) is 30.0 Å². The first kappa shape index (κ1) is 18.2. The highest BCUT2D eigenvalue weighted by Crippen LogP contribution is 2.35. The van der Waals surface area contributed by atoms with Crippen LogP contribution in [0.4, 0.5) is 4.79 Å². The van der Waals surface area contributed by atoms with Crippen LogP contribution in [0.3, 0.4) is 0 Å². The van der Waals surface area contributed by atoms with Crippen molar-refractivity contribution in [3.63, 3.8) is 0 Å². The van der Waals surface area contributed by atoms with E-state index < -0.39 is 0 Å². The van der Waals surface area contributed by atoms with Crippen LogP contribution in [0.1, 0.15) is 39.2 Å². The van der Waals surface area contributed by atoms with Gasteiger partial charge in [-0.25, -0.2) is 4.79 Å². The molecule has 5 nitrogen and oxygen atoms in total. The standard InChI is InChI=1S/C19H28N2O3/c1-4-23-17-9-6-15(12-18(17)24-5-2)10-11-20-19(22)21-13-14(3)16-7-8-16/h6,9,12-13,16H,4-5,7-8,10-11H2,1-3H3,(H2,20,21,22)/b14-13+. The van der Waals surface area contributed by atoms with Gasteiger partial charge in [-0.2, -0.15) is 0 Å². The number of carbonyl (C=O) groups excluding carboxylic acids is 1. The molecule has 132 valence electrons. The average Bonchev–Trinajstić information content (AvgIpc) is 3.40. The first-order valence-electron chi connectivity index (χ1n) is 8.73. The van der Waals surface area contributed by atoms with Crippen LogP contribution in [0, 0.1) is 5.92 Å². The lowest BCUT2D eigenvalue weighted by Crippen LogP contribution is -2.33. The summed E-state index contributed by atoms with van der Waals surface area (Å²) in [7, 11) is 0. The zero-order chi connectivity index (χ0) is 17.4. The maximum atomic E-state index is 11.8. The van der Waals surface area contributed by atoms with Gasteiger partial charge in [-0.15, -0.1) is 0 Å². The maximum absolute atomic E-state index is 11.8. The third-order valence-corrected chi connectivity index (χ3v) is 3.96. The molecule has 1 aromatic carbocycles. The molecule has 0 saturated heterocycles. The van der Waals surface area contributed by atoms with Crippen molar-refractivity contribution < 1.29 is 14.3 Å². The van der Waals surface area contributed by atoms with Gasteiger partial charge in [0.15, 0.2) is 11.5 Å². The number of benzene rings is 1. The molecule has 0 radical (unpaired) electrons. The number of carbonyl (C=O) groups is 1. The van der Waals surface area contributed by atoms with E-state index in [-0.39, 0.29) is 6.03 Å². The Morgan fingerprint density at radius 1 is 1.21 bits per heavy atom. The molecule has 24 heavy (non-hydrogen) atoms. The highest BCUT2D eigenvalue weighted by molar-refractivity contribution is 5.75. The highest BCUT2D eigenvalue weighted by atomic mass is 16.5. The number of rotatable bonds is 9. The number of allylic oxidation sites excluding steroid dienone is 1. The van der Waals surface area contributed by atoms with Crippen molar-refractivity contribution in [2.24, 2.45) is 5.92 Å². The summed E-state index contributed by atoms with van der Waals surface area (Å²) >= 11 is 0. The minimum Gasteiger partial charge on any atom is -0.490 e. The second-order valence-corrected chi connectivity index (χ2v) is 5.96. The second-order valence-electron chi connectivity index (χ2n) is 5.96. The minimum absolute atomic E-state index is 0.161. The number of hydrogen-bond donors (Lipinski definition) is 2. The topological polar surface area (TPSA) is 59.6 Å². The predicted molar refractivity (Wildman–Crippen MR) is 95.5 cm³/mol. The van der Waals surface area contributed by atoms with Gasteiger partial charge in [-0.1, -0.05) is 11.6 Å². The molecule has 0 spiro atoms. The molecule has 1 aliphatic rings. The molecule has 5 heteroatoms. The van der Waals surface area contributed by atoms with E-state index in [0.717, 1.165) is 23.5 Å². The van der Waals surface area contributed by atoms with Crippen LogP contribution in [-0.2, 0) is 6.42 Å². The third kappa shape index (κ3) is 5.80. The number of nitrogens with one attached hydrogen (secondary N) is 2. The third-order valence-electron chi connectivity index (χ3n) is 3.96.